The van der Waals surface area contributed by atoms with Gasteiger partial charge in [0.2, 0.25) is 0 Å². The van der Waals surface area contributed by atoms with Crippen molar-refractivity contribution in [1.82, 2.24) is 0 Å². The predicted molar refractivity (Wildman–Crippen MR) is 54.3 cm³/mol. The fraction of sp³-hybridized carbons (Fsp3) is 0.300. The molecule has 0 amide bonds. The molecule has 0 aromatic heterocycles. The Labute approximate surface area is 86.2 Å². The number of fused-ring (bicyclic) bond motifs is 1. The maximum Gasteiger partial charge on any atom is 0.269 e. The molecule has 1 aliphatic rings. The van der Waals surface area contributed by atoms with Crippen LogP contribution in [0.25, 0.3) is 0 Å². The van der Waals surface area contributed by atoms with Crippen molar-refractivity contribution in [3.63, 3.8) is 0 Å². The average Bonchev–Trinajstić information content (AvgIpc) is 2.27. The van der Waals surface area contributed by atoms with Crippen molar-refractivity contribution >= 4 is 11.4 Å². The fourth-order valence-electron chi connectivity index (χ4n) is 1.81. The van der Waals surface area contributed by atoms with E-state index >= 15 is 0 Å². The average molecular weight is 206 g/mol. The minimum atomic E-state index is -0.412. The Balaban J connectivity index is 2.39. The molecule has 2 rings (SSSR count). The van der Waals surface area contributed by atoms with Crippen LogP contribution in [0.5, 0.6) is 0 Å². The molecule has 0 aliphatic heterocycles. The third-order valence-electron chi connectivity index (χ3n) is 2.62. The second-order valence-electron chi connectivity index (χ2n) is 3.55. The molecule has 0 fully saturated rings. The van der Waals surface area contributed by atoms with E-state index in [4.69, 9.17) is 5.21 Å². The Hall–Kier alpha value is -1.91. The lowest BCUT2D eigenvalue weighted by Crippen LogP contribution is -2.13. The van der Waals surface area contributed by atoms with Crippen LogP contribution in [0.15, 0.2) is 23.4 Å². The highest BCUT2D eigenvalue weighted by Gasteiger charge is 2.17. The van der Waals surface area contributed by atoms with Crippen LogP contribution in [0.4, 0.5) is 5.69 Å². The van der Waals surface area contributed by atoms with E-state index in [-0.39, 0.29) is 5.69 Å². The highest BCUT2D eigenvalue weighted by molar-refractivity contribution is 5.88. The molecule has 1 N–H and O–H groups in total. The van der Waals surface area contributed by atoms with Crippen molar-refractivity contribution in [3.8, 4) is 0 Å². The number of nitrogens with zero attached hydrogens (tertiary/aromatic N) is 2. The number of benzene rings is 1. The van der Waals surface area contributed by atoms with Gasteiger partial charge in [-0.2, -0.15) is 0 Å². The number of aryl methyl sites for hydroxylation is 1. The molecule has 0 saturated carbocycles. The Morgan fingerprint density at radius 1 is 1.33 bits per heavy atom. The topological polar surface area (TPSA) is 75.7 Å². The normalized spacial score (nSPS) is 17.5. The van der Waals surface area contributed by atoms with Crippen LogP contribution in [0.3, 0.4) is 0 Å². The third-order valence-corrected chi connectivity index (χ3v) is 2.62. The van der Waals surface area contributed by atoms with Crippen LogP contribution >= 0.6 is 0 Å². The van der Waals surface area contributed by atoms with Crippen LogP contribution in [-0.4, -0.2) is 15.8 Å². The molecule has 5 nitrogen and oxygen atoms in total. The number of non-ortho nitro benzene ring substituents is 1. The van der Waals surface area contributed by atoms with Gasteiger partial charge in [-0.3, -0.25) is 10.1 Å². The van der Waals surface area contributed by atoms with E-state index in [9.17, 15) is 10.1 Å². The SMILES string of the molecule is O=[N+]([O-])c1ccc2c(c1)CC(=NO)CC2. The Bertz CT molecular complexity index is 440. The number of oxime groups is 1. The molecule has 0 saturated heterocycles. The highest BCUT2D eigenvalue weighted by Crippen LogP contribution is 2.24. The lowest BCUT2D eigenvalue weighted by molar-refractivity contribution is -0.384. The van der Waals surface area contributed by atoms with Gasteiger partial charge in [0.25, 0.3) is 5.69 Å². The smallest absolute Gasteiger partial charge is 0.269 e. The zero-order valence-electron chi connectivity index (χ0n) is 8.01. The van der Waals surface area contributed by atoms with Crippen molar-refractivity contribution < 1.29 is 10.1 Å². The summed E-state index contributed by atoms with van der Waals surface area (Å²) in [6.45, 7) is 0. The van der Waals surface area contributed by atoms with Crippen molar-refractivity contribution in [1.29, 1.82) is 0 Å². The number of rotatable bonds is 1. The quantitative estimate of drug-likeness (QED) is 0.433. The summed E-state index contributed by atoms with van der Waals surface area (Å²) in [5.74, 6) is 0. The van der Waals surface area contributed by atoms with Gasteiger partial charge in [-0.15, -0.1) is 0 Å². The maximum absolute atomic E-state index is 10.6. The summed E-state index contributed by atoms with van der Waals surface area (Å²) in [6.07, 6.45) is 2.02. The molecular formula is C10H10N2O3. The standard InChI is InChI=1S/C10H10N2O3/c13-11-9-3-1-7-2-4-10(12(14)15)6-8(7)5-9/h2,4,6,13H,1,3,5H2. The largest absolute Gasteiger partial charge is 0.411 e. The zero-order valence-corrected chi connectivity index (χ0v) is 8.01. The van der Waals surface area contributed by atoms with Gasteiger partial charge in [-0.25, -0.2) is 0 Å². The minimum Gasteiger partial charge on any atom is -0.411 e. The van der Waals surface area contributed by atoms with Crippen molar-refractivity contribution in [2.24, 2.45) is 5.16 Å². The molecule has 1 aliphatic carbocycles. The molecule has 0 atom stereocenters. The maximum atomic E-state index is 10.6. The van der Waals surface area contributed by atoms with Gasteiger partial charge in [0.15, 0.2) is 0 Å². The Morgan fingerprint density at radius 2 is 2.13 bits per heavy atom. The molecular weight excluding hydrogens is 196 g/mol. The second kappa shape index (κ2) is 3.68. The van der Waals surface area contributed by atoms with E-state index < -0.39 is 4.92 Å². The van der Waals surface area contributed by atoms with E-state index in [2.05, 4.69) is 5.16 Å². The van der Waals surface area contributed by atoms with Crippen LogP contribution in [0, 0.1) is 10.1 Å². The summed E-state index contributed by atoms with van der Waals surface area (Å²) in [5.41, 5.74) is 2.77. The van der Waals surface area contributed by atoms with Crippen molar-refractivity contribution in [2.45, 2.75) is 19.3 Å². The van der Waals surface area contributed by atoms with Crippen LogP contribution < -0.4 is 0 Å². The van der Waals surface area contributed by atoms with E-state index in [0.29, 0.717) is 12.1 Å². The molecule has 0 radical (unpaired) electrons. The summed E-state index contributed by atoms with van der Waals surface area (Å²) in [4.78, 5) is 10.2. The molecule has 1 aromatic rings. The van der Waals surface area contributed by atoms with Gasteiger partial charge in [0, 0.05) is 18.6 Å². The molecule has 15 heavy (non-hydrogen) atoms. The zero-order chi connectivity index (χ0) is 10.8. The van der Waals surface area contributed by atoms with Crippen molar-refractivity contribution in [2.75, 3.05) is 0 Å². The van der Waals surface area contributed by atoms with Gasteiger partial charge < -0.3 is 5.21 Å². The van der Waals surface area contributed by atoms with Crippen LogP contribution in [0.2, 0.25) is 0 Å². The molecule has 1 aromatic carbocycles. The van der Waals surface area contributed by atoms with Crippen molar-refractivity contribution in [3.05, 3.63) is 39.4 Å². The van der Waals surface area contributed by atoms with Gasteiger partial charge in [-0.05, 0) is 24.0 Å². The summed E-state index contributed by atoms with van der Waals surface area (Å²) in [5, 5.41) is 22.4. The fourth-order valence-corrected chi connectivity index (χ4v) is 1.81. The monoisotopic (exact) mass is 206 g/mol. The first-order chi connectivity index (χ1) is 7.20. The lowest BCUT2D eigenvalue weighted by atomic mass is 9.90. The number of nitro benzene ring substituents is 1. The summed E-state index contributed by atoms with van der Waals surface area (Å²) in [6, 6.07) is 4.85. The molecule has 0 heterocycles. The molecule has 0 spiro atoms. The highest BCUT2D eigenvalue weighted by atomic mass is 16.6. The van der Waals surface area contributed by atoms with E-state index in [0.717, 1.165) is 24.0 Å². The first kappa shape index (κ1) is 9.64. The lowest BCUT2D eigenvalue weighted by Gasteiger charge is -2.15. The molecule has 5 heteroatoms. The van der Waals surface area contributed by atoms with Gasteiger partial charge >= 0.3 is 0 Å². The number of hydrogen-bond acceptors (Lipinski definition) is 4. The molecule has 0 bridgehead atoms. The second-order valence-corrected chi connectivity index (χ2v) is 3.55. The Morgan fingerprint density at radius 3 is 2.80 bits per heavy atom. The van der Waals surface area contributed by atoms with Gasteiger partial charge in [0.1, 0.15) is 0 Å². The molecule has 0 unspecified atom stereocenters. The van der Waals surface area contributed by atoms with E-state index in [1.54, 1.807) is 12.1 Å². The van der Waals surface area contributed by atoms with Gasteiger partial charge in [0.05, 0.1) is 10.6 Å². The summed E-state index contributed by atoms with van der Waals surface area (Å²) >= 11 is 0. The number of nitro groups is 1. The minimum absolute atomic E-state index is 0.0907. The first-order valence-corrected chi connectivity index (χ1v) is 4.66. The van der Waals surface area contributed by atoms with Gasteiger partial charge in [-0.1, -0.05) is 11.2 Å². The van der Waals surface area contributed by atoms with Crippen LogP contribution in [0.1, 0.15) is 17.5 Å². The van der Waals surface area contributed by atoms with Crippen LogP contribution in [-0.2, 0) is 12.8 Å². The summed E-state index contributed by atoms with van der Waals surface area (Å²) in [7, 11) is 0. The first-order valence-electron chi connectivity index (χ1n) is 4.66. The van der Waals surface area contributed by atoms with E-state index in [1.807, 2.05) is 0 Å². The Kier molecular flexibility index (Phi) is 2.37. The number of hydrogen-bond donors (Lipinski definition) is 1. The van der Waals surface area contributed by atoms with E-state index in [1.165, 1.54) is 6.07 Å². The molecule has 78 valence electrons. The summed E-state index contributed by atoms with van der Waals surface area (Å²) < 4.78 is 0. The third kappa shape index (κ3) is 1.81. The predicted octanol–water partition coefficient (Wildman–Crippen LogP) is 1.91.